The number of ether oxygens (including phenoxy) is 2. The molecule has 0 amide bonds. The van der Waals surface area contributed by atoms with Gasteiger partial charge in [-0.1, -0.05) is 24.3 Å². The van der Waals surface area contributed by atoms with Gasteiger partial charge in [-0.2, -0.15) is 11.8 Å². The smallest absolute Gasteiger partial charge is 0.335 e. The van der Waals surface area contributed by atoms with Crippen molar-refractivity contribution < 1.29 is 29.3 Å². The number of benzene rings is 2. The van der Waals surface area contributed by atoms with Crippen LogP contribution in [0.25, 0.3) is 6.08 Å². The van der Waals surface area contributed by atoms with Gasteiger partial charge in [0.1, 0.15) is 17.2 Å². The fraction of sp³-hybridized carbons (Fsp3) is 0.250. The number of methoxy groups -OCH3 is 1. The number of nitrogens with zero attached hydrogens (tertiary/aromatic N) is 1. The minimum Gasteiger partial charge on any atom is -0.497 e. The number of carboxylic acid groups (broad SMARTS) is 2. The van der Waals surface area contributed by atoms with Crippen LogP contribution < -0.4 is 9.47 Å². The number of hydrogen-bond donors (Lipinski definition) is 2. The van der Waals surface area contributed by atoms with Crippen molar-refractivity contribution in [2.24, 2.45) is 0 Å². The van der Waals surface area contributed by atoms with E-state index in [0.717, 1.165) is 42.3 Å². The summed E-state index contributed by atoms with van der Waals surface area (Å²) in [5.74, 6) is 0.601. The molecule has 188 valence electrons. The van der Waals surface area contributed by atoms with Crippen LogP contribution in [0.4, 0.5) is 0 Å². The fourth-order valence-electron chi connectivity index (χ4n) is 3.45. The summed E-state index contributed by atoms with van der Waals surface area (Å²) in [6.07, 6.45) is 5.23. The molecule has 1 aromatic heterocycles. The van der Waals surface area contributed by atoms with Gasteiger partial charge in [-0.05, 0) is 72.9 Å². The number of carboxylic acids is 2. The standard InChI is InChI=1S/C28H29NO6S/c1-34-24-11-8-20(9-12-24)5-2-3-16-35-26-14-10-23(29-25(26)13-15-27(30)31)19-36-18-21-6-4-7-22(17-21)28(32)33/h4,6-15,17H,2-3,5,16,18-19H2,1H3,(H,30,31)(H,32,33)/b15-13+. The highest BCUT2D eigenvalue weighted by Gasteiger charge is 2.08. The van der Waals surface area contributed by atoms with Gasteiger partial charge in [0, 0.05) is 17.6 Å². The largest absolute Gasteiger partial charge is 0.497 e. The highest BCUT2D eigenvalue weighted by atomic mass is 32.2. The summed E-state index contributed by atoms with van der Waals surface area (Å²) in [5.41, 5.74) is 3.67. The van der Waals surface area contributed by atoms with E-state index in [1.165, 1.54) is 11.6 Å². The molecule has 0 aliphatic rings. The van der Waals surface area contributed by atoms with E-state index in [0.29, 0.717) is 29.6 Å². The molecule has 0 bridgehead atoms. The van der Waals surface area contributed by atoms with Crippen molar-refractivity contribution in [3.8, 4) is 11.5 Å². The Hall–Kier alpha value is -3.78. The molecular formula is C28H29NO6S. The Balaban J connectivity index is 1.53. The van der Waals surface area contributed by atoms with E-state index in [1.54, 1.807) is 37.1 Å². The van der Waals surface area contributed by atoms with E-state index in [9.17, 15) is 9.59 Å². The lowest BCUT2D eigenvalue weighted by atomic mass is 10.1. The van der Waals surface area contributed by atoms with Gasteiger partial charge >= 0.3 is 11.9 Å². The lowest BCUT2D eigenvalue weighted by Gasteiger charge is -2.11. The summed E-state index contributed by atoms with van der Waals surface area (Å²) in [6.45, 7) is 0.500. The maximum absolute atomic E-state index is 11.1. The van der Waals surface area contributed by atoms with E-state index in [2.05, 4.69) is 17.1 Å². The molecule has 36 heavy (non-hydrogen) atoms. The number of carbonyl (C=O) groups is 2. The van der Waals surface area contributed by atoms with Crippen LogP contribution in [0, 0.1) is 0 Å². The van der Waals surface area contributed by atoms with Crippen LogP contribution in [-0.2, 0) is 22.7 Å². The molecule has 2 aromatic carbocycles. The molecule has 2 N–H and O–H groups in total. The number of hydrogen-bond acceptors (Lipinski definition) is 6. The monoisotopic (exact) mass is 507 g/mol. The molecule has 7 nitrogen and oxygen atoms in total. The zero-order chi connectivity index (χ0) is 25.8. The van der Waals surface area contributed by atoms with Crippen molar-refractivity contribution in [3.05, 3.63) is 94.8 Å². The Kier molecular flexibility index (Phi) is 10.4. The highest BCUT2D eigenvalue weighted by Crippen LogP contribution is 2.23. The van der Waals surface area contributed by atoms with Crippen molar-refractivity contribution in [3.63, 3.8) is 0 Å². The lowest BCUT2D eigenvalue weighted by molar-refractivity contribution is -0.131. The number of unbranched alkanes of at least 4 members (excludes halogenated alkanes) is 1. The number of rotatable bonds is 14. The fourth-order valence-corrected chi connectivity index (χ4v) is 4.34. The normalized spacial score (nSPS) is 10.9. The summed E-state index contributed by atoms with van der Waals surface area (Å²) in [5, 5.41) is 18.2. The maximum atomic E-state index is 11.1. The predicted molar refractivity (Wildman–Crippen MR) is 141 cm³/mol. The van der Waals surface area contributed by atoms with Gasteiger partial charge in [-0.25, -0.2) is 14.6 Å². The van der Waals surface area contributed by atoms with Gasteiger partial charge in [0.2, 0.25) is 0 Å². The van der Waals surface area contributed by atoms with Gasteiger partial charge < -0.3 is 19.7 Å². The van der Waals surface area contributed by atoms with Gasteiger partial charge in [-0.3, -0.25) is 0 Å². The predicted octanol–water partition coefficient (Wildman–Crippen LogP) is 5.72. The number of aryl methyl sites for hydroxylation is 1. The summed E-state index contributed by atoms with van der Waals surface area (Å²) >= 11 is 1.60. The zero-order valence-electron chi connectivity index (χ0n) is 20.1. The molecule has 0 saturated heterocycles. The van der Waals surface area contributed by atoms with Crippen LogP contribution in [0.3, 0.4) is 0 Å². The first-order valence-electron chi connectivity index (χ1n) is 11.5. The number of aliphatic carboxylic acids is 1. The summed E-state index contributed by atoms with van der Waals surface area (Å²) in [6, 6.07) is 18.5. The van der Waals surface area contributed by atoms with Crippen molar-refractivity contribution in [2.45, 2.75) is 30.8 Å². The van der Waals surface area contributed by atoms with Gasteiger partial charge in [0.25, 0.3) is 0 Å². The van der Waals surface area contributed by atoms with Gasteiger partial charge in [-0.15, -0.1) is 0 Å². The van der Waals surface area contributed by atoms with Crippen LogP contribution in [-0.4, -0.2) is 40.9 Å². The molecule has 3 rings (SSSR count). The summed E-state index contributed by atoms with van der Waals surface area (Å²) in [7, 11) is 1.65. The highest BCUT2D eigenvalue weighted by molar-refractivity contribution is 7.97. The van der Waals surface area contributed by atoms with Gasteiger partial charge in [0.05, 0.1) is 25.0 Å². The molecule has 0 aliphatic carbocycles. The molecule has 0 unspecified atom stereocenters. The van der Waals surface area contributed by atoms with Crippen molar-refractivity contribution >= 4 is 29.8 Å². The Labute approximate surface area is 214 Å². The van der Waals surface area contributed by atoms with Crippen LogP contribution in [0.1, 0.15) is 45.7 Å². The first-order valence-corrected chi connectivity index (χ1v) is 12.7. The second-order valence-corrected chi connectivity index (χ2v) is 9.00. The van der Waals surface area contributed by atoms with E-state index >= 15 is 0 Å². The van der Waals surface area contributed by atoms with E-state index in [-0.39, 0.29) is 5.56 Å². The van der Waals surface area contributed by atoms with E-state index in [4.69, 9.17) is 19.7 Å². The Bertz CT molecular complexity index is 1190. The first-order chi connectivity index (χ1) is 17.4. The number of aromatic carboxylic acids is 1. The van der Waals surface area contributed by atoms with Crippen LogP contribution >= 0.6 is 11.8 Å². The first kappa shape index (κ1) is 26.8. The molecule has 0 radical (unpaired) electrons. The summed E-state index contributed by atoms with van der Waals surface area (Å²) in [4.78, 5) is 26.8. The molecular weight excluding hydrogens is 478 g/mol. The molecule has 0 aliphatic heterocycles. The third-order valence-electron chi connectivity index (χ3n) is 5.30. The molecule has 0 fully saturated rings. The topological polar surface area (TPSA) is 106 Å². The molecule has 8 heteroatoms. The minimum absolute atomic E-state index is 0.262. The zero-order valence-corrected chi connectivity index (χ0v) is 20.9. The third kappa shape index (κ3) is 8.78. The number of pyridine rings is 1. The Morgan fingerprint density at radius 2 is 1.78 bits per heavy atom. The van der Waals surface area contributed by atoms with Crippen molar-refractivity contribution in [1.82, 2.24) is 4.98 Å². The van der Waals surface area contributed by atoms with Crippen LogP contribution in [0.5, 0.6) is 11.5 Å². The average molecular weight is 508 g/mol. The minimum atomic E-state index is -1.06. The second kappa shape index (κ2) is 13.9. The number of aromatic nitrogens is 1. The quantitative estimate of drug-likeness (QED) is 0.211. The average Bonchev–Trinajstić information content (AvgIpc) is 2.88. The van der Waals surface area contributed by atoms with Crippen molar-refractivity contribution in [2.75, 3.05) is 13.7 Å². The Morgan fingerprint density at radius 3 is 2.50 bits per heavy atom. The van der Waals surface area contributed by atoms with Crippen LogP contribution in [0.15, 0.2) is 66.7 Å². The van der Waals surface area contributed by atoms with E-state index < -0.39 is 11.9 Å². The van der Waals surface area contributed by atoms with Crippen molar-refractivity contribution in [1.29, 1.82) is 0 Å². The molecule has 1 heterocycles. The molecule has 0 saturated carbocycles. The second-order valence-electron chi connectivity index (χ2n) is 8.01. The number of thioether (sulfide) groups is 1. The van der Waals surface area contributed by atoms with Crippen LogP contribution in [0.2, 0.25) is 0 Å². The SMILES string of the molecule is COc1ccc(CCCCOc2ccc(CSCc3cccc(C(=O)O)c3)nc2/C=C/C(=O)O)cc1. The lowest BCUT2D eigenvalue weighted by Crippen LogP contribution is -2.02. The molecule has 0 atom stereocenters. The van der Waals surface area contributed by atoms with E-state index in [1.807, 2.05) is 30.3 Å². The van der Waals surface area contributed by atoms with Gasteiger partial charge in [0.15, 0.2) is 0 Å². The molecule has 3 aromatic rings. The third-order valence-corrected chi connectivity index (χ3v) is 6.33. The summed E-state index contributed by atoms with van der Waals surface area (Å²) < 4.78 is 11.1. The maximum Gasteiger partial charge on any atom is 0.335 e. The Morgan fingerprint density at radius 1 is 0.972 bits per heavy atom. The molecule has 0 spiro atoms.